The van der Waals surface area contributed by atoms with Crippen LogP contribution < -0.4 is 5.32 Å². The van der Waals surface area contributed by atoms with Crippen LogP contribution >= 0.6 is 0 Å². The van der Waals surface area contributed by atoms with E-state index in [2.05, 4.69) is 61.6 Å². The smallest absolute Gasteiger partial charge is 0.0804 e. The highest BCUT2D eigenvalue weighted by Crippen LogP contribution is 2.30. The molecule has 2 aromatic carbocycles. The van der Waals surface area contributed by atoms with Crippen molar-refractivity contribution in [1.29, 1.82) is 0 Å². The van der Waals surface area contributed by atoms with E-state index in [1.165, 1.54) is 16.2 Å². The molecule has 0 aliphatic carbocycles. The molecule has 1 heterocycles. The summed E-state index contributed by atoms with van der Waals surface area (Å²) in [4.78, 5) is 4.91. The molecule has 0 unspecified atom stereocenters. The number of rotatable bonds is 3. The van der Waals surface area contributed by atoms with Crippen molar-refractivity contribution in [1.82, 2.24) is 4.98 Å². The van der Waals surface area contributed by atoms with E-state index in [-0.39, 0.29) is 0 Å². The fourth-order valence-corrected chi connectivity index (χ4v) is 2.74. The minimum Gasteiger partial charge on any atom is -0.388 e. The maximum absolute atomic E-state index is 4.91. The van der Waals surface area contributed by atoms with Gasteiger partial charge in [0, 0.05) is 29.2 Å². The van der Waals surface area contributed by atoms with Crippen molar-refractivity contribution in [2.75, 3.05) is 12.4 Å². The molecule has 2 nitrogen and oxygen atoms in total. The summed E-state index contributed by atoms with van der Waals surface area (Å²) in [6, 6.07) is 15.0. The third kappa shape index (κ3) is 2.22. The molecule has 3 aromatic rings. The lowest BCUT2D eigenvalue weighted by Crippen LogP contribution is -2.00. The Morgan fingerprint density at radius 1 is 1.05 bits per heavy atom. The monoisotopic (exact) mass is 264 g/mol. The minimum absolute atomic E-state index is 0.611. The van der Waals surface area contributed by atoms with Crippen LogP contribution in [0.2, 0.25) is 0 Å². The van der Waals surface area contributed by atoms with Gasteiger partial charge < -0.3 is 5.32 Å². The average Bonchev–Trinajstić information content (AvgIpc) is 2.45. The van der Waals surface area contributed by atoms with Crippen molar-refractivity contribution in [2.24, 2.45) is 5.92 Å². The van der Waals surface area contributed by atoms with Crippen molar-refractivity contribution in [2.45, 2.75) is 20.3 Å². The molecule has 1 aromatic heterocycles. The zero-order chi connectivity index (χ0) is 14.1. The van der Waals surface area contributed by atoms with Crippen LogP contribution in [0.25, 0.3) is 21.7 Å². The molecule has 0 aliphatic rings. The molecule has 0 amide bonds. The summed E-state index contributed by atoms with van der Waals surface area (Å²) in [5.41, 5.74) is 3.43. The number of hydrogen-bond acceptors (Lipinski definition) is 2. The van der Waals surface area contributed by atoms with Crippen LogP contribution in [0.15, 0.2) is 42.5 Å². The number of nitrogens with zero attached hydrogens (tertiary/aromatic N) is 1. The first-order valence-electron chi connectivity index (χ1n) is 7.18. The molecule has 0 fully saturated rings. The second-order valence-electron chi connectivity index (χ2n) is 5.69. The summed E-state index contributed by atoms with van der Waals surface area (Å²) in [6.45, 7) is 4.46. The number of benzene rings is 2. The quantitative estimate of drug-likeness (QED) is 0.698. The second kappa shape index (κ2) is 5.12. The van der Waals surface area contributed by atoms with Crippen LogP contribution in [-0.2, 0) is 6.42 Å². The van der Waals surface area contributed by atoms with Crippen molar-refractivity contribution >= 4 is 27.4 Å². The van der Waals surface area contributed by atoms with E-state index in [4.69, 9.17) is 4.98 Å². The highest BCUT2D eigenvalue weighted by atomic mass is 14.8. The van der Waals surface area contributed by atoms with Crippen molar-refractivity contribution in [3.8, 4) is 0 Å². The first-order valence-corrected chi connectivity index (χ1v) is 7.18. The molecule has 3 rings (SSSR count). The van der Waals surface area contributed by atoms with Gasteiger partial charge in [-0.25, -0.2) is 0 Å². The maximum atomic E-state index is 4.91. The first kappa shape index (κ1) is 12.9. The SMILES string of the molecule is CNc1cc(CC(C)C)nc2c1ccc1ccccc12. The Morgan fingerprint density at radius 3 is 2.60 bits per heavy atom. The van der Waals surface area contributed by atoms with Gasteiger partial charge in [-0.3, -0.25) is 4.98 Å². The Kier molecular flexibility index (Phi) is 3.31. The summed E-state index contributed by atoms with van der Waals surface area (Å²) in [5, 5.41) is 6.98. The predicted octanol–water partition coefficient (Wildman–Crippen LogP) is 4.63. The highest BCUT2D eigenvalue weighted by molar-refractivity contribution is 6.09. The third-order valence-corrected chi connectivity index (χ3v) is 3.64. The Morgan fingerprint density at radius 2 is 1.85 bits per heavy atom. The molecule has 0 aliphatic heterocycles. The van der Waals surface area contributed by atoms with E-state index >= 15 is 0 Å². The molecule has 0 atom stereocenters. The number of anilines is 1. The minimum atomic E-state index is 0.611. The van der Waals surface area contributed by atoms with Gasteiger partial charge >= 0.3 is 0 Å². The van der Waals surface area contributed by atoms with Gasteiger partial charge in [0.1, 0.15) is 0 Å². The Balaban J connectivity index is 2.34. The van der Waals surface area contributed by atoms with E-state index in [9.17, 15) is 0 Å². The van der Waals surface area contributed by atoms with Crippen LogP contribution in [0.1, 0.15) is 19.5 Å². The summed E-state index contributed by atoms with van der Waals surface area (Å²) < 4.78 is 0. The molecule has 1 N–H and O–H groups in total. The van der Waals surface area contributed by atoms with Gasteiger partial charge in [-0.1, -0.05) is 50.2 Å². The topological polar surface area (TPSA) is 24.9 Å². The fourth-order valence-electron chi connectivity index (χ4n) is 2.74. The van der Waals surface area contributed by atoms with Crippen LogP contribution in [0.4, 0.5) is 5.69 Å². The van der Waals surface area contributed by atoms with Gasteiger partial charge in [0.05, 0.1) is 5.52 Å². The Bertz CT molecular complexity index is 760. The normalized spacial score (nSPS) is 11.4. The molecule has 0 saturated carbocycles. The summed E-state index contributed by atoms with van der Waals surface area (Å²) >= 11 is 0. The van der Waals surface area contributed by atoms with Crippen LogP contribution in [0, 0.1) is 5.92 Å². The summed E-state index contributed by atoms with van der Waals surface area (Å²) in [6.07, 6.45) is 1.01. The number of pyridine rings is 1. The van der Waals surface area contributed by atoms with E-state index < -0.39 is 0 Å². The molecule has 20 heavy (non-hydrogen) atoms. The highest BCUT2D eigenvalue weighted by Gasteiger charge is 2.09. The number of nitrogens with one attached hydrogen (secondary N) is 1. The van der Waals surface area contributed by atoms with Crippen LogP contribution in [0.5, 0.6) is 0 Å². The van der Waals surface area contributed by atoms with Crippen molar-refractivity contribution < 1.29 is 0 Å². The van der Waals surface area contributed by atoms with Gasteiger partial charge in [0.25, 0.3) is 0 Å². The van der Waals surface area contributed by atoms with Gasteiger partial charge in [-0.05, 0) is 23.8 Å². The number of aromatic nitrogens is 1. The molecular formula is C18H20N2. The largest absolute Gasteiger partial charge is 0.388 e. The standard InChI is InChI=1S/C18H20N2/c1-12(2)10-14-11-17(19-3)16-9-8-13-6-4-5-7-15(13)18(16)20-14/h4-9,11-12H,10H2,1-3H3,(H,19,20). The summed E-state index contributed by atoms with van der Waals surface area (Å²) in [7, 11) is 1.98. The molecule has 0 saturated heterocycles. The fraction of sp³-hybridized carbons (Fsp3) is 0.278. The molecule has 0 spiro atoms. The van der Waals surface area contributed by atoms with Crippen molar-refractivity contribution in [3.63, 3.8) is 0 Å². The molecule has 0 radical (unpaired) electrons. The zero-order valence-corrected chi connectivity index (χ0v) is 12.3. The number of hydrogen-bond donors (Lipinski definition) is 1. The predicted molar refractivity (Wildman–Crippen MR) is 87.3 cm³/mol. The van der Waals surface area contributed by atoms with E-state index in [0.717, 1.165) is 23.3 Å². The van der Waals surface area contributed by atoms with Gasteiger partial charge in [0.2, 0.25) is 0 Å². The lowest BCUT2D eigenvalue weighted by atomic mass is 10.0. The second-order valence-corrected chi connectivity index (χ2v) is 5.69. The lowest BCUT2D eigenvalue weighted by molar-refractivity contribution is 0.637. The molecule has 2 heteroatoms. The van der Waals surface area contributed by atoms with Gasteiger partial charge in [0.15, 0.2) is 0 Å². The maximum Gasteiger partial charge on any atom is 0.0804 e. The van der Waals surface area contributed by atoms with Crippen LogP contribution in [0.3, 0.4) is 0 Å². The third-order valence-electron chi connectivity index (χ3n) is 3.64. The molecule has 102 valence electrons. The Labute approximate surface area is 119 Å². The molecule has 0 bridgehead atoms. The van der Waals surface area contributed by atoms with E-state index in [0.29, 0.717) is 5.92 Å². The molecular weight excluding hydrogens is 244 g/mol. The summed E-state index contributed by atoms with van der Waals surface area (Å²) in [5.74, 6) is 0.611. The number of fused-ring (bicyclic) bond motifs is 3. The average molecular weight is 264 g/mol. The van der Waals surface area contributed by atoms with E-state index in [1.807, 2.05) is 7.05 Å². The van der Waals surface area contributed by atoms with Gasteiger partial charge in [-0.15, -0.1) is 0 Å². The first-order chi connectivity index (χ1) is 9.69. The van der Waals surface area contributed by atoms with Gasteiger partial charge in [-0.2, -0.15) is 0 Å². The zero-order valence-electron chi connectivity index (χ0n) is 12.3. The van der Waals surface area contributed by atoms with Crippen LogP contribution in [-0.4, -0.2) is 12.0 Å². The Hall–Kier alpha value is -2.09. The lowest BCUT2D eigenvalue weighted by Gasteiger charge is -2.12. The van der Waals surface area contributed by atoms with E-state index in [1.54, 1.807) is 0 Å². The van der Waals surface area contributed by atoms with Crippen molar-refractivity contribution in [3.05, 3.63) is 48.2 Å².